The fraction of sp³-hybridized carbons (Fsp3) is 0.407. The summed E-state index contributed by atoms with van der Waals surface area (Å²) in [6, 6.07) is 11.8. The van der Waals surface area contributed by atoms with Gasteiger partial charge in [-0.3, -0.25) is 0 Å². The number of aliphatic hydroxyl groups excluding tert-OH is 2. The Kier molecular flexibility index (Phi) is 9.99. The van der Waals surface area contributed by atoms with E-state index >= 15 is 0 Å². The zero-order chi connectivity index (χ0) is 22.7. The zero-order valence-corrected chi connectivity index (χ0v) is 19.0. The molecule has 0 saturated carbocycles. The highest BCUT2D eigenvalue weighted by Gasteiger charge is 2.20. The van der Waals surface area contributed by atoms with Crippen molar-refractivity contribution >= 4 is 0 Å². The molecule has 0 radical (unpaired) electrons. The number of aryl methyl sites for hydroxylation is 2. The largest absolute Gasteiger partial charge is 0.489 e. The molecule has 2 rings (SSSR count). The van der Waals surface area contributed by atoms with Gasteiger partial charge >= 0.3 is 0 Å². The topological polar surface area (TPSA) is 69.9 Å². The normalized spacial score (nSPS) is 13.7. The van der Waals surface area contributed by atoms with Crippen molar-refractivity contribution in [3.63, 3.8) is 0 Å². The first kappa shape index (κ1) is 24.9. The van der Waals surface area contributed by atoms with E-state index in [4.69, 9.17) is 4.74 Å². The fourth-order valence-electron chi connectivity index (χ4n) is 3.38. The van der Waals surface area contributed by atoms with E-state index in [2.05, 4.69) is 19.1 Å². The summed E-state index contributed by atoms with van der Waals surface area (Å²) in [4.78, 5) is 0. The first-order chi connectivity index (χ1) is 14.9. The Morgan fingerprint density at radius 3 is 2.35 bits per heavy atom. The van der Waals surface area contributed by atoms with E-state index in [9.17, 15) is 15.3 Å². The summed E-state index contributed by atoms with van der Waals surface area (Å²) in [7, 11) is 0. The van der Waals surface area contributed by atoms with Crippen molar-refractivity contribution in [2.45, 2.75) is 71.9 Å². The highest BCUT2D eigenvalue weighted by atomic mass is 16.5. The maximum atomic E-state index is 10.9. The molecule has 0 aromatic heterocycles. The van der Waals surface area contributed by atoms with Gasteiger partial charge in [-0.05, 0) is 72.6 Å². The Morgan fingerprint density at radius 2 is 1.68 bits per heavy atom. The van der Waals surface area contributed by atoms with E-state index in [0.717, 1.165) is 46.4 Å². The molecule has 0 saturated heterocycles. The van der Waals surface area contributed by atoms with Crippen LogP contribution in [-0.2, 0) is 26.2 Å². The number of allylic oxidation sites excluding steroid dienone is 3. The average Bonchev–Trinajstić information content (AvgIpc) is 2.80. The lowest BCUT2D eigenvalue weighted by atomic mass is 9.91. The Bertz CT molecular complexity index is 885. The quantitative estimate of drug-likeness (QED) is 0.412. The van der Waals surface area contributed by atoms with Crippen LogP contribution in [0.25, 0.3) is 0 Å². The van der Waals surface area contributed by atoms with Gasteiger partial charge in [0.25, 0.3) is 0 Å². The average molecular weight is 425 g/mol. The highest BCUT2D eigenvalue weighted by Crippen LogP contribution is 2.25. The highest BCUT2D eigenvalue weighted by molar-refractivity contribution is 5.37. The fourth-order valence-corrected chi connectivity index (χ4v) is 3.38. The third-order valence-corrected chi connectivity index (χ3v) is 5.61. The van der Waals surface area contributed by atoms with Crippen LogP contribution in [0.3, 0.4) is 0 Å². The molecule has 0 aliphatic rings. The molecule has 1 unspecified atom stereocenters. The Morgan fingerprint density at radius 1 is 0.935 bits per heavy atom. The van der Waals surface area contributed by atoms with Gasteiger partial charge in [-0.15, -0.1) is 0 Å². The molecule has 4 heteroatoms. The molecule has 2 aromatic rings. The van der Waals surface area contributed by atoms with Crippen LogP contribution in [0.5, 0.6) is 5.75 Å². The minimum Gasteiger partial charge on any atom is -0.489 e. The van der Waals surface area contributed by atoms with Crippen LogP contribution in [0.2, 0.25) is 0 Å². The van der Waals surface area contributed by atoms with Gasteiger partial charge < -0.3 is 20.1 Å². The summed E-state index contributed by atoms with van der Waals surface area (Å²) in [6.45, 7) is 6.28. The molecule has 0 aliphatic carbocycles. The van der Waals surface area contributed by atoms with Crippen molar-refractivity contribution in [3.05, 3.63) is 88.5 Å². The van der Waals surface area contributed by atoms with Gasteiger partial charge in [0.1, 0.15) is 12.4 Å². The molecule has 2 aromatic carbocycles. The van der Waals surface area contributed by atoms with Crippen LogP contribution in [-0.4, -0.2) is 20.9 Å². The minimum absolute atomic E-state index is 0.0909. The molecule has 4 nitrogen and oxygen atoms in total. The summed E-state index contributed by atoms with van der Waals surface area (Å²) in [6.07, 6.45) is 10.9. The van der Waals surface area contributed by atoms with E-state index in [1.807, 2.05) is 62.4 Å². The molecule has 0 bridgehead atoms. The van der Waals surface area contributed by atoms with Crippen LogP contribution in [0, 0.1) is 6.92 Å². The third-order valence-electron chi connectivity index (χ3n) is 5.61. The summed E-state index contributed by atoms with van der Waals surface area (Å²) in [5, 5.41) is 29.7. The number of rotatable bonds is 12. The van der Waals surface area contributed by atoms with Crippen molar-refractivity contribution in [2.75, 3.05) is 0 Å². The number of hydrogen-bond acceptors (Lipinski definition) is 4. The maximum Gasteiger partial charge on any atom is 0.122 e. The summed E-state index contributed by atoms with van der Waals surface area (Å²) in [5.41, 5.74) is 3.74. The van der Waals surface area contributed by atoms with E-state index in [-0.39, 0.29) is 13.2 Å². The standard InChI is InChI=1S/C27H36O4/c1-4-6-7-8-14-27(30,5-2)15-13-22-10-9-21(3)26(17-22)31-20-23-11-12-24(18-28)25(16-23)19-29/h6-12,14,16-17,28-30H,4-5,13,15,18-20H2,1-3H3. The van der Waals surface area contributed by atoms with Crippen molar-refractivity contribution in [2.24, 2.45) is 0 Å². The predicted molar refractivity (Wildman–Crippen MR) is 126 cm³/mol. The van der Waals surface area contributed by atoms with Gasteiger partial charge in [-0.2, -0.15) is 0 Å². The minimum atomic E-state index is -0.820. The van der Waals surface area contributed by atoms with E-state index in [0.29, 0.717) is 19.4 Å². The SMILES string of the molecule is CCC=CC=CC(O)(CC)CCc1ccc(C)c(OCc2ccc(CO)c(CO)c2)c1. The summed E-state index contributed by atoms with van der Waals surface area (Å²) >= 11 is 0. The molecule has 0 aliphatic heterocycles. The molecule has 0 fully saturated rings. The molecule has 1 atom stereocenters. The lowest BCUT2D eigenvalue weighted by Crippen LogP contribution is -2.25. The molecule has 31 heavy (non-hydrogen) atoms. The van der Waals surface area contributed by atoms with Crippen LogP contribution < -0.4 is 4.74 Å². The molecule has 0 spiro atoms. The van der Waals surface area contributed by atoms with E-state index in [1.165, 1.54) is 0 Å². The second kappa shape index (κ2) is 12.5. The van der Waals surface area contributed by atoms with Gasteiger partial charge in [-0.25, -0.2) is 0 Å². The number of aliphatic hydroxyl groups is 3. The van der Waals surface area contributed by atoms with Crippen LogP contribution in [0.4, 0.5) is 0 Å². The first-order valence-corrected chi connectivity index (χ1v) is 11.1. The predicted octanol–water partition coefficient (Wildman–Crippen LogP) is 5.15. The van der Waals surface area contributed by atoms with E-state index in [1.54, 1.807) is 0 Å². The van der Waals surface area contributed by atoms with Crippen molar-refractivity contribution in [3.8, 4) is 5.75 Å². The van der Waals surface area contributed by atoms with Gasteiger partial charge in [0, 0.05) is 0 Å². The zero-order valence-electron chi connectivity index (χ0n) is 19.0. The maximum absolute atomic E-state index is 10.9. The van der Waals surface area contributed by atoms with Crippen molar-refractivity contribution in [1.29, 1.82) is 0 Å². The van der Waals surface area contributed by atoms with Gasteiger partial charge in [0.15, 0.2) is 0 Å². The van der Waals surface area contributed by atoms with Gasteiger partial charge in [0.2, 0.25) is 0 Å². The first-order valence-electron chi connectivity index (χ1n) is 11.1. The Hall–Kier alpha value is -2.40. The number of benzene rings is 2. The molecular formula is C27H36O4. The van der Waals surface area contributed by atoms with Crippen molar-refractivity contribution in [1.82, 2.24) is 0 Å². The third kappa shape index (κ3) is 7.66. The van der Waals surface area contributed by atoms with Crippen LogP contribution >= 0.6 is 0 Å². The van der Waals surface area contributed by atoms with Crippen LogP contribution in [0.15, 0.2) is 60.7 Å². The smallest absolute Gasteiger partial charge is 0.122 e. The summed E-state index contributed by atoms with van der Waals surface area (Å²) < 4.78 is 6.06. The molecule has 3 N–H and O–H groups in total. The second-order valence-electron chi connectivity index (χ2n) is 7.96. The molecule has 168 valence electrons. The van der Waals surface area contributed by atoms with Crippen molar-refractivity contribution < 1.29 is 20.1 Å². The van der Waals surface area contributed by atoms with E-state index < -0.39 is 5.60 Å². The summed E-state index contributed by atoms with van der Waals surface area (Å²) in [5.74, 6) is 0.816. The van der Waals surface area contributed by atoms with Gasteiger partial charge in [-0.1, -0.05) is 62.4 Å². The lowest BCUT2D eigenvalue weighted by molar-refractivity contribution is 0.0777. The molecule has 0 amide bonds. The molecule has 0 heterocycles. The number of ether oxygens (including phenoxy) is 1. The van der Waals surface area contributed by atoms with Crippen LogP contribution in [0.1, 0.15) is 60.9 Å². The monoisotopic (exact) mass is 424 g/mol. The Labute approximate surface area is 186 Å². The Balaban J connectivity index is 2.04. The van der Waals surface area contributed by atoms with Gasteiger partial charge in [0.05, 0.1) is 18.8 Å². The second-order valence-corrected chi connectivity index (χ2v) is 7.96. The molecular weight excluding hydrogens is 388 g/mol. The number of hydrogen-bond donors (Lipinski definition) is 3. The lowest BCUT2D eigenvalue weighted by Gasteiger charge is -2.23.